The highest BCUT2D eigenvalue weighted by Gasteiger charge is 2.81. The number of hydrogen-bond donors (Lipinski definition) is 0. The van der Waals surface area contributed by atoms with Crippen LogP contribution in [-0.4, -0.2) is 60.1 Å². The van der Waals surface area contributed by atoms with Crippen LogP contribution in [0.1, 0.15) is 66.2 Å². The highest BCUT2D eigenvalue weighted by atomic mass is 16.7. The smallest absolute Gasteiger partial charge is 0.338 e. The van der Waals surface area contributed by atoms with E-state index < -0.39 is 11.9 Å². The molecule has 4 saturated heterocycles. The molecule has 1 unspecified atom stereocenters. The van der Waals surface area contributed by atoms with Gasteiger partial charge in [0.1, 0.15) is 5.76 Å². The van der Waals surface area contributed by atoms with Crippen LogP contribution in [0.5, 0.6) is 0 Å². The fourth-order valence-corrected chi connectivity index (χ4v) is 7.92. The molecule has 5 heterocycles. The first-order valence-electron chi connectivity index (χ1n) is 11.9. The van der Waals surface area contributed by atoms with E-state index in [4.69, 9.17) is 18.9 Å². The Morgan fingerprint density at radius 3 is 2.84 bits per heavy atom. The highest BCUT2D eigenvalue weighted by molar-refractivity contribution is 5.91. The Balaban J connectivity index is 1.47. The van der Waals surface area contributed by atoms with Crippen LogP contribution in [0, 0.1) is 17.8 Å². The van der Waals surface area contributed by atoms with Crippen LogP contribution in [0.3, 0.4) is 0 Å². The lowest BCUT2D eigenvalue weighted by molar-refractivity contribution is -0.293. The van der Waals surface area contributed by atoms with Crippen molar-refractivity contribution in [3.8, 4) is 0 Å². The van der Waals surface area contributed by atoms with Gasteiger partial charge >= 0.3 is 11.9 Å². The molecule has 0 radical (unpaired) electrons. The SMILES string of the molecule is CCCC[C@@]12[C@@H]3C[C@H]4[C@@H]([C@H](C)C[C@@H]5OC(=O)C(C)=C5OC)[C@@](OC(C)=O)(O3)[C@@H]1CCN42. The fraction of sp³-hybridized carbons (Fsp3) is 0.833. The van der Waals surface area contributed by atoms with Crippen LogP contribution in [0.15, 0.2) is 11.3 Å². The Kier molecular flexibility index (Phi) is 4.94. The molecule has 0 aliphatic carbocycles. The Labute approximate surface area is 184 Å². The number of ether oxygens (including phenoxy) is 4. The lowest BCUT2D eigenvalue weighted by Gasteiger charge is -2.53. The van der Waals surface area contributed by atoms with E-state index in [1.807, 2.05) is 0 Å². The molecule has 0 aromatic heterocycles. The topological polar surface area (TPSA) is 74.3 Å². The summed E-state index contributed by atoms with van der Waals surface area (Å²) in [4.78, 5) is 27.1. The lowest BCUT2D eigenvalue weighted by atomic mass is 9.67. The minimum atomic E-state index is -0.867. The number of methoxy groups -OCH3 is 1. The van der Waals surface area contributed by atoms with Gasteiger partial charge in [0.05, 0.1) is 24.3 Å². The number of unbranched alkanes of at least 4 members (excludes halogenated alkanes) is 1. The van der Waals surface area contributed by atoms with E-state index in [-0.39, 0.29) is 41.3 Å². The molecular formula is C24H35NO6. The van der Waals surface area contributed by atoms with Gasteiger partial charge in [-0.3, -0.25) is 9.69 Å². The van der Waals surface area contributed by atoms with Crippen LogP contribution in [0.4, 0.5) is 0 Å². The highest BCUT2D eigenvalue weighted by Crippen LogP contribution is 2.70. The Bertz CT molecular complexity index is 825. The van der Waals surface area contributed by atoms with Crippen molar-refractivity contribution in [3.05, 3.63) is 11.3 Å². The molecule has 5 aliphatic heterocycles. The maximum Gasteiger partial charge on any atom is 0.338 e. The second-order valence-corrected chi connectivity index (χ2v) is 10.2. The van der Waals surface area contributed by atoms with Crippen molar-refractivity contribution in [1.82, 2.24) is 4.90 Å². The van der Waals surface area contributed by atoms with Gasteiger partial charge in [0.25, 0.3) is 0 Å². The second-order valence-electron chi connectivity index (χ2n) is 10.2. The first-order valence-corrected chi connectivity index (χ1v) is 11.9. The van der Waals surface area contributed by atoms with Gasteiger partial charge in [0, 0.05) is 24.8 Å². The summed E-state index contributed by atoms with van der Waals surface area (Å²) in [6.07, 6.45) is 5.80. The van der Waals surface area contributed by atoms with Gasteiger partial charge in [-0.05, 0) is 45.1 Å². The van der Waals surface area contributed by atoms with Gasteiger partial charge in [-0.1, -0.05) is 26.7 Å². The molecular weight excluding hydrogens is 398 g/mol. The first kappa shape index (κ1) is 21.3. The number of piperidine rings is 1. The molecule has 7 heteroatoms. The molecule has 31 heavy (non-hydrogen) atoms. The molecule has 0 saturated carbocycles. The summed E-state index contributed by atoms with van der Waals surface area (Å²) in [5.74, 6) is -0.446. The number of rotatable bonds is 8. The van der Waals surface area contributed by atoms with Crippen LogP contribution in [-0.2, 0) is 28.5 Å². The van der Waals surface area contributed by atoms with Crippen LogP contribution in [0.25, 0.3) is 0 Å². The molecule has 5 rings (SSSR count). The molecule has 0 N–H and O–H groups in total. The third-order valence-corrected chi connectivity index (χ3v) is 8.77. The van der Waals surface area contributed by atoms with Gasteiger partial charge < -0.3 is 18.9 Å². The van der Waals surface area contributed by atoms with Crippen LogP contribution < -0.4 is 0 Å². The molecule has 5 aliphatic rings. The van der Waals surface area contributed by atoms with E-state index in [0.29, 0.717) is 23.8 Å². The maximum atomic E-state index is 12.3. The van der Waals surface area contributed by atoms with Crippen molar-refractivity contribution in [1.29, 1.82) is 0 Å². The van der Waals surface area contributed by atoms with Gasteiger partial charge in [-0.25, -0.2) is 4.79 Å². The minimum absolute atomic E-state index is 0.0142. The molecule has 0 amide bonds. The summed E-state index contributed by atoms with van der Waals surface area (Å²) in [5.41, 5.74) is 0.557. The quantitative estimate of drug-likeness (QED) is 0.544. The summed E-state index contributed by atoms with van der Waals surface area (Å²) < 4.78 is 24.0. The Hall–Kier alpha value is -1.60. The fourth-order valence-electron chi connectivity index (χ4n) is 7.92. The minimum Gasteiger partial charge on any atom is -0.497 e. The standard InChI is InChI=1S/C24H35NO6/c1-6-7-9-23-18-8-10-25(23)16-12-19(23)31-24(18,30-15(4)26)20(16)13(2)11-17-21(28-5)14(3)22(27)29-17/h13,16-20H,6-12H2,1-5H3/t13-,16+,17+,18-,19+,20-,23+,24+/m1/s1. The summed E-state index contributed by atoms with van der Waals surface area (Å²) in [6.45, 7) is 8.70. The molecule has 0 aromatic rings. The average molecular weight is 434 g/mol. The van der Waals surface area contributed by atoms with E-state index in [9.17, 15) is 9.59 Å². The molecule has 9 atom stereocenters. The number of carbonyl (C=O) groups excluding carboxylic acids is 2. The van der Waals surface area contributed by atoms with Crippen molar-refractivity contribution < 1.29 is 28.5 Å². The van der Waals surface area contributed by atoms with Crippen molar-refractivity contribution in [2.75, 3.05) is 13.7 Å². The molecule has 5 bridgehead atoms. The predicted octanol–water partition coefficient (Wildman–Crippen LogP) is 3.17. The third-order valence-electron chi connectivity index (χ3n) is 8.77. The molecule has 7 nitrogen and oxygen atoms in total. The predicted molar refractivity (Wildman–Crippen MR) is 112 cm³/mol. The van der Waals surface area contributed by atoms with E-state index in [0.717, 1.165) is 38.6 Å². The van der Waals surface area contributed by atoms with Gasteiger partial charge in [0.2, 0.25) is 5.79 Å². The zero-order chi connectivity index (χ0) is 22.1. The summed E-state index contributed by atoms with van der Waals surface area (Å²) in [5, 5.41) is 0. The van der Waals surface area contributed by atoms with E-state index in [1.54, 1.807) is 14.0 Å². The summed E-state index contributed by atoms with van der Waals surface area (Å²) in [6, 6.07) is 0.330. The van der Waals surface area contributed by atoms with E-state index in [2.05, 4.69) is 18.7 Å². The van der Waals surface area contributed by atoms with Gasteiger partial charge in [-0.15, -0.1) is 0 Å². The largest absolute Gasteiger partial charge is 0.497 e. The maximum absolute atomic E-state index is 12.3. The number of cyclic esters (lactones) is 1. The van der Waals surface area contributed by atoms with Crippen molar-refractivity contribution >= 4 is 11.9 Å². The molecule has 0 aromatic carbocycles. The molecule has 0 spiro atoms. The molecule has 4 fully saturated rings. The normalized spacial score (nSPS) is 45.4. The Morgan fingerprint density at radius 1 is 1.39 bits per heavy atom. The zero-order valence-corrected chi connectivity index (χ0v) is 19.3. The second kappa shape index (κ2) is 7.20. The van der Waals surface area contributed by atoms with Crippen LogP contribution in [0.2, 0.25) is 0 Å². The van der Waals surface area contributed by atoms with Crippen LogP contribution >= 0.6 is 0 Å². The van der Waals surface area contributed by atoms with Crippen molar-refractivity contribution in [3.63, 3.8) is 0 Å². The Morgan fingerprint density at radius 2 is 2.16 bits per heavy atom. The number of esters is 2. The average Bonchev–Trinajstić information content (AvgIpc) is 3.33. The number of nitrogens with zero attached hydrogens (tertiary/aromatic N) is 1. The van der Waals surface area contributed by atoms with Crippen molar-refractivity contribution in [2.45, 2.75) is 95.8 Å². The lowest BCUT2D eigenvalue weighted by Crippen LogP contribution is -2.64. The van der Waals surface area contributed by atoms with Gasteiger partial charge in [0.15, 0.2) is 6.10 Å². The van der Waals surface area contributed by atoms with Gasteiger partial charge in [-0.2, -0.15) is 0 Å². The van der Waals surface area contributed by atoms with E-state index in [1.165, 1.54) is 6.92 Å². The number of carbonyl (C=O) groups is 2. The molecule has 172 valence electrons. The summed E-state index contributed by atoms with van der Waals surface area (Å²) >= 11 is 0. The third kappa shape index (κ3) is 2.65. The monoisotopic (exact) mass is 433 g/mol. The zero-order valence-electron chi connectivity index (χ0n) is 19.3. The number of hydrogen-bond acceptors (Lipinski definition) is 7. The summed E-state index contributed by atoms with van der Waals surface area (Å²) in [7, 11) is 1.59. The van der Waals surface area contributed by atoms with E-state index >= 15 is 0 Å². The first-order chi connectivity index (χ1) is 14.8. The van der Waals surface area contributed by atoms with Crippen molar-refractivity contribution in [2.24, 2.45) is 17.8 Å².